The monoisotopic (exact) mass is 608 g/mol. The van der Waals surface area contributed by atoms with Crippen molar-refractivity contribution in [1.29, 1.82) is 0 Å². The van der Waals surface area contributed by atoms with E-state index >= 15 is 0 Å². The van der Waals surface area contributed by atoms with Crippen molar-refractivity contribution in [2.24, 2.45) is 5.41 Å². The molecule has 3 aromatic heterocycles. The number of amides is 4. The van der Waals surface area contributed by atoms with Crippen molar-refractivity contribution < 1.29 is 14.4 Å². The Morgan fingerprint density at radius 1 is 1.02 bits per heavy atom. The second-order valence-electron chi connectivity index (χ2n) is 12.9. The maximum atomic E-state index is 13.3. The Morgan fingerprint density at radius 3 is 2.61 bits per heavy atom. The van der Waals surface area contributed by atoms with Gasteiger partial charge in [0.1, 0.15) is 24.5 Å². The average molecular weight is 609 g/mol. The maximum Gasteiger partial charge on any atom is 0.332 e. The van der Waals surface area contributed by atoms with E-state index in [4.69, 9.17) is 16.6 Å². The van der Waals surface area contributed by atoms with Crippen molar-refractivity contribution in [3.05, 3.63) is 77.0 Å². The van der Waals surface area contributed by atoms with Gasteiger partial charge in [-0.15, -0.1) is 0 Å². The number of fused-ring (bicyclic) bond motifs is 2. The number of nitrogens with one attached hydrogen (secondary N) is 2. The summed E-state index contributed by atoms with van der Waals surface area (Å²) in [4.78, 5) is 55.7. The smallest absolute Gasteiger partial charge is 0.332 e. The zero-order chi connectivity index (χ0) is 29.8. The molecule has 4 aliphatic carbocycles. The first-order valence-electron chi connectivity index (χ1n) is 15.1. The van der Waals surface area contributed by atoms with E-state index < -0.39 is 0 Å². The van der Waals surface area contributed by atoms with Gasteiger partial charge < -0.3 is 15.0 Å². The first-order chi connectivity index (χ1) is 21.3. The molecule has 0 radical (unpaired) electrons. The number of hydrogen-bond acceptors (Lipinski definition) is 7. The lowest BCUT2D eigenvalue weighted by atomic mass is 10.0. The van der Waals surface area contributed by atoms with Crippen LogP contribution in [0.5, 0.6) is 0 Å². The molecule has 2 N–H and O–H groups in total. The number of anilines is 3. The van der Waals surface area contributed by atoms with Crippen molar-refractivity contribution in [1.82, 2.24) is 24.3 Å². The molecule has 9 rings (SSSR count). The molecule has 5 fully saturated rings. The molecule has 11 nitrogen and oxygen atoms in total. The predicted molar refractivity (Wildman–Crippen MR) is 163 cm³/mol. The van der Waals surface area contributed by atoms with Crippen LogP contribution in [-0.2, 0) is 21.5 Å². The maximum absolute atomic E-state index is 13.3. The van der Waals surface area contributed by atoms with E-state index in [-0.39, 0.29) is 41.3 Å². The largest absolute Gasteiger partial charge is 0.364 e. The summed E-state index contributed by atoms with van der Waals surface area (Å²) in [5, 5.41) is 6.96. The number of benzene rings is 1. The lowest BCUT2D eigenvalue weighted by Gasteiger charge is -2.18. The summed E-state index contributed by atoms with van der Waals surface area (Å²) in [6.45, 7) is 0.406. The van der Waals surface area contributed by atoms with Crippen LogP contribution in [0.3, 0.4) is 0 Å². The van der Waals surface area contributed by atoms with E-state index in [1.807, 2.05) is 40.9 Å². The van der Waals surface area contributed by atoms with Crippen molar-refractivity contribution in [2.45, 2.75) is 62.4 Å². The minimum absolute atomic E-state index is 0.0309. The van der Waals surface area contributed by atoms with Crippen LogP contribution >= 0.6 is 11.6 Å². The first-order valence-corrected chi connectivity index (χ1v) is 15.5. The Hall–Kier alpha value is -4.51. The summed E-state index contributed by atoms with van der Waals surface area (Å²) in [6.07, 6.45) is 11.1. The average Bonchev–Trinajstić information content (AvgIpc) is 3.85. The molecule has 44 heavy (non-hydrogen) atoms. The van der Waals surface area contributed by atoms with Gasteiger partial charge in [-0.2, -0.15) is 0 Å². The van der Waals surface area contributed by atoms with Gasteiger partial charge >= 0.3 is 6.03 Å². The highest BCUT2D eigenvalue weighted by Crippen LogP contribution is 2.86. The Kier molecular flexibility index (Phi) is 5.31. The second kappa shape index (κ2) is 9.01. The highest BCUT2D eigenvalue weighted by atomic mass is 35.5. The normalized spacial score (nSPS) is 25.4. The number of pyridine rings is 1. The second-order valence-corrected chi connectivity index (χ2v) is 13.3. The summed E-state index contributed by atoms with van der Waals surface area (Å²) in [6, 6.07) is 11.3. The van der Waals surface area contributed by atoms with Gasteiger partial charge in [-0.05, 0) is 73.8 Å². The molecule has 0 atom stereocenters. The molecular formula is C32H29ClN8O3. The number of nitrogens with zero attached hydrogens (tertiary/aromatic N) is 6. The van der Waals surface area contributed by atoms with Gasteiger partial charge in [0.15, 0.2) is 5.65 Å². The third-order valence-electron chi connectivity index (χ3n) is 9.90. The molecule has 0 unspecified atom stereocenters. The van der Waals surface area contributed by atoms with Gasteiger partial charge in [-0.25, -0.2) is 19.7 Å². The molecular weight excluding hydrogens is 580 g/mol. The van der Waals surface area contributed by atoms with Gasteiger partial charge in [0, 0.05) is 34.9 Å². The van der Waals surface area contributed by atoms with Gasteiger partial charge in [0.05, 0.1) is 23.3 Å². The summed E-state index contributed by atoms with van der Waals surface area (Å²) >= 11 is 6.19. The van der Waals surface area contributed by atoms with Crippen LogP contribution < -0.4 is 15.5 Å². The molecule has 0 bridgehead atoms. The van der Waals surface area contributed by atoms with Crippen molar-refractivity contribution in [3.63, 3.8) is 0 Å². The van der Waals surface area contributed by atoms with Crippen molar-refractivity contribution in [2.75, 3.05) is 22.1 Å². The van der Waals surface area contributed by atoms with Gasteiger partial charge in [0.2, 0.25) is 5.91 Å². The van der Waals surface area contributed by atoms with E-state index in [9.17, 15) is 14.4 Å². The molecule has 4 heterocycles. The number of halogens is 1. The number of imide groups is 1. The van der Waals surface area contributed by atoms with Crippen LogP contribution in [0.2, 0.25) is 5.02 Å². The van der Waals surface area contributed by atoms with Crippen LogP contribution in [0.25, 0.3) is 5.65 Å². The van der Waals surface area contributed by atoms with Crippen LogP contribution in [0, 0.1) is 5.41 Å². The Labute approximate surface area is 257 Å². The van der Waals surface area contributed by atoms with E-state index in [0.29, 0.717) is 40.5 Å². The molecule has 1 aliphatic heterocycles. The van der Waals surface area contributed by atoms with E-state index in [1.165, 1.54) is 11.2 Å². The fourth-order valence-electron chi connectivity index (χ4n) is 6.95. The van der Waals surface area contributed by atoms with Crippen LogP contribution in [0.4, 0.5) is 22.1 Å². The Morgan fingerprint density at radius 2 is 1.84 bits per heavy atom. The van der Waals surface area contributed by atoms with Crippen molar-refractivity contribution in [3.8, 4) is 0 Å². The summed E-state index contributed by atoms with van der Waals surface area (Å²) in [5.74, 6) is 1.27. The van der Waals surface area contributed by atoms with Crippen LogP contribution in [0.15, 0.2) is 55.1 Å². The zero-order valence-electron chi connectivity index (χ0n) is 23.8. The number of urea groups is 1. The van der Waals surface area contributed by atoms with E-state index in [2.05, 4.69) is 26.8 Å². The molecule has 4 aromatic rings. The van der Waals surface area contributed by atoms with Crippen LogP contribution in [0.1, 0.15) is 61.3 Å². The van der Waals surface area contributed by atoms with Crippen LogP contribution in [-0.4, -0.2) is 54.7 Å². The highest BCUT2D eigenvalue weighted by molar-refractivity contribution is 6.30. The molecule has 1 aromatic carbocycles. The Bertz CT molecular complexity index is 1910. The molecule has 12 heteroatoms. The fourth-order valence-corrected chi connectivity index (χ4v) is 7.14. The number of carbonyl (C=O) groups excluding carboxylic acids is 3. The lowest BCUT2D eigenvalue weighted by molar-refractivity contribution is -0.125. The standard InChI is InChI=1S/C32H29ClN8O3/c33-21-3-1-2-20(9-21)31-15-32(31,16-31)29(43)38-26-10-25(35-17-36-26)34-11-22-13-39-12-19(18-4-5-18)8-24(28(39)37-22)40-14-27(42)41(30(40)44)23-6-7-23/h1-3,8-10,12-13,17-18,23H,4-7,11,14-16H2,(H2,34,35,36,38,43). The van der Waals surface area contributed by atoms with E-state index in [1.54, 1.807) is 11.0 Å². The summed E-state index contributed by atoms with van der Waals surface area (Å²) in [5.41, 5.74) is 3.82. The minimum Gasteiger partial charge on any atom is -0.364 e. The molecule has 222 valence electrons. The number of carbonyl (C=O) groups is 3. The minimum atomic E-state index is -0.388. The molecule has 0 spiro atoms. The summed E-state index contributed by atoms with van der Waals surface area (Å²) < 4.78 is 1.96. The highest BCUT2D eigenvalue weighted by Gasteiger charge is 2.87. The SMILES string of the molecule is O=C1CN(c2cc(C3CC3)cn3cc(CNc4cc(NC(=O)C56CC5(c5cccc(Cl)c5)C6)ncn4)nc23)C(=O)N1C1CC1. The number of aromatic nitrogens is 4. The zero-order valence-corrected chi connectivity index (χ0v) is 24.5. The number of imidazole rings is 1. The van der Waals surface area contributed by atoms with Crippen molar-refractivity contribution >= 4 is 52.4 Å². The van der Waals surface area contributed by atoms with Gasteiger partial charge in [0.25, 0.3) is 5.91 Å². The third kappa shape index (κ3) is 4.02. The fraction of sp³-hybridized carbons (Fsp3) is 0.375. The molecule has 4 saturated carbocycles. The lowest BCUT2D eigenvalue weighted by Crippen LogP contribution is -2.34. The van der Waals surface area contributed by atoms with E-state index in [0.717, 1.165) is 55.3 Å². The summed E-state index contributed by atoms with van der Waals surface area (Å²) in [7, 11) is 0. The first kappa shape index (κ1) is 25.9. The van der Waals surface area contributed by atoms with Gasteiger partial charge in [-0.1, -0.05) is 23.7 Å². The topological polar surface area (TPSA) is 125 Å². The van der Waals surface area contributed by atoms with Gasteiger partial charge in [-0.3, -0.25) is 19.4 Å². The quantitative estimate of drug-likeness (QED) is 0.260. The third-order valence-corrected chi connectivity index (χ3v) is 10.1. The predicted octanol–water partition coefficient (Wildman–Crippen LogP) is 4.87. The number of rotatable bonds is 9. The number of hydrogen-bond donors (Lipinski definition) is 2. The molecule has 4 amide bonds. The molecule has 5 aliphatic rings. The molecule has 1 saturated heterocycles. The Balaban J connectivity index is 0.917.